The molecule has 0 aliphatic carbocycles. The van der Waals surface area contributed by atoms with Gasteiger partial charge in [0.05, 0.1) is 24.8 Å². The molecular weight excluding hydrogens is 444 g/mol. The van der Waals surface area contributed by atoms with E-state index in [4.69, 9.17) is 14.2 Å². The minimum absolute atomic E-state index is 0.0226. The maximum absolute atomic E-state index is 12.8. The molecule has 3 aromatic carbocycles. The number of hydrogen-bond acceptors (Lipinski definition) is 6. The molecule has 0 aromatic heterocycles. The largest absolute Gasteiger partial charge is 0.497 e. The second-order valence-corrected chi connectivity index (χ2v) is 8.94. The molecule has 33 heavy (non-hydrogen) atoms. The lowest BCUT2D eigenvalue weighted by Crippen LogP contribution is -2.30. The Morgan fingerprint density at radius 2 is 1.64 bits per heavy atom. The number of amides is 1. The zero-order chi connectivity index (χ0) is 24.0. The third-order valence-electron chi connectivity index (χ3n) is 4.75. The Balaban J connectivity index is 1.68. The number of methoxy groups -OCH3 is 2. The Morgan fingerprint density at radius 3 is 2.27 bits per heavy atom. The van der Waals surface area contributed by atoms with Crippen LogP contribution in [0.15, 0.2) is 71.6 Å². The summed E-state index contributed by atoms with van der Waals surface area (Å²) in [5.74, 6) is 1.07. The van der Waals surface area contributed by atoms with Crippen molar-refractivity contribution in [1.82, 2.24) is 0 Å². The number of benzene rings is 3. The van der Waals surface area contributed by atoms with Crippen LogP contribution in [0.1, 0.15) is 12.5 Å². The number of carbonyl (C=O) groups is 1. The summed E-state index contributed by atoms with van der Waals surface area (Å²) in [4.78, 5) is 12.5. The highest BCUT2D eigenvalue weighted by Crippen LogP contribution is 2.31. The first-order valence-corrected chi connectivity index (χ1v) is 11.6. The van der Waals surface area contributed by atoms with Gasteiger partial charge in [0.1, 0.15) is 17.2 Å². The van der Waals surface area contributed by atoms with Gasteiger partial charge < -0.3 is 19.5 Å². The molecule has 0 saturated carbocycles. The third-order valence-corrected chi connectivity index (χ3v) is 6.14. The van der Waals surface area contributed by atoms with Crippen LogP contribution in [0.25, 0.3) is 0 Å². The molecule has 0 unspecified atom stereocenters. The first kappa shape index (κ1) is 23.9. The van der Waals surface area contributed by atoms with Crippen molar-refractivity contribution < 1.29 is 27.4 Å². The van der Waals surface area contributed by atoms with Crippen LogP contribution in [-0.4, -0.2) is 34.6 Å². The highest BCUT2D eigenvalue weighted by Gasteiger charge is 2.19. The lowest BCUT2D eigenvalue weighted by Gasteiger charge is -2.16. The summed E-state index contributed by atoms with van der Waals surface area (Å²) in [6.07, 6.45) is -0.739. The Kier molecular flexibility index (Phi) is 7.44. The molecule has 8 nitrogen and oxygen atoms in total. The molecular formula is C24H26N2O6S. The topological polar surface area (TPSA) is 103 Å². The number of rotatable bonds is 9. The van der Waals surface area contributed by atoms with E-state index in [0.717, 1.165) is 5.56 Å². The first-order valence-electron chi connectivity index (χ1n) is 10.1. The molecule has 0 fully saturated rings. The van der Waals surface area contributed by atoms with Gasteiger partial charge in [0.25, 0.3) is 15.9 Å². The number of aryl methyl sites for hydroxylation is 1. The number of sulfonamides is 1. The van der Waals surface area contributed by atoms with E-state index >= 15 is 0 Å². The van der Waals surface area contributed by atoms with Crippen LogP contribution in [0, 0.1) is 6.92 Å². The molecule has 0 aliphatic heterocycles. The van der Waals surface area contributed by atoms with Crippen molar-refractivity contribution >= 4 is 27.3 Å². The number of anilines is 2. The normalized spacial score (nSPS) is 11.9. The highest BCUT2D eigenvalue weighted by atomic mass is 32.2. The molecule has 0 heterocycles. The van der Waals surface area contributed by atoms with E-state index in [9.17, 15) is 13.2 Å². The van der Waals surface area contributed by atoms with Gasteiger partial charge in [-0.15, -0.1) is 0 Å². The average Bonchev–Trinajstić information content (AvgIpc) is 2.79. The van der Waals surface area contributed by atoms with Gasteiger partial charge in [-0.05, 0) is 67.9 Å². The molecule has 3 aromatic rings. The van der Waals surface area contributed by atoms with Crippen LogP contribution in [0.4, 0.5) is 11.4 Å². The van der Waals surface area contributed by atoms with E-state index in [1.807, 2.05) is 25.1 Å². The van der Waals surface area contributed by atoms with Crippen molar-refractivity contribution in [2.75, 3.05) is 24.3 Å². The monoisotopic (exact) mass is 470 g/mol. The summed E-state index contributed by atoms with van der Waals surface area (Å²) in [7, 11) is -0.969. The van der Waals surface area contributed by atoms with E-state index in [1.165, 1.54) is 44.6 Å². The summed E-state index contributed by atoms with van der Waals surface area (Å²) in [5, 5.41) is 2.72. The van der Waals surface area contributed by atoms with Gasteiger partial charge in [-0.25, -0.2) is 8.42 Å². The van der Waals surface area contributed by atoms with Crippen LogP contribution >= 0.6 is 0 Å². The molecule has 0 aliphatic rings. The van der Waals surface area contributed by atoms with Crippen LogP contribution in [-0.2, 0) is 14.8 Å². The molecule has 2 N–H and O–H groups in total. The maximum atomic E-state index is 12.8. The molecule has 3 rings (SSSR count). The van der Waals surface area contributed by atoms with E-state index in [2.05, 4.69) is 10.0 Å². The maximum Gasteiger partial charge on any atom is 0.265 e. The van der Waals surface area contributed by atoms with Crippen molar-refractivity contribution in [1.29, 1.82) is 0 Å². The molecule has 0 saturated heterocycles. The Labute approximate surface area is 193 Å². The van der Waals surface area contributed by atoms with Crippen LogP contribution < -0.4 is 24.2 Å². The smallest absolute Gasteiger partial charge is 0.265 e. The standard InChI is InChI=1S/C24H26N2O6S/c1-16-6-5-7-20(14-16)32-17(2)24(27)25-18-8-11-21(12-9-18)33(28,29)26-22-15-19(30-3)10-13-23(22)31-4/h5-15,17,26H,1-4H3,(H,25,27)/t17-/m0/s1. The fraction of sp³-hybridized carbons (Fsp3) is 0.208. The Hall–Kier alpha value is -3.72. The molecule has 0 bridgehead atoms. The van der Waals surface area contributed by atoms with E-state index in [-0.39, 0.29) is 16.5 Å². The lowest BCUT2D eigenvalue weighted by molar-refractivity contribution is -0.122. The number of nitrogens with one attached hydrogen (secondary N) is 2. The summed E-state index contributed by atoms with van der Waals surface area (Å²) in [6.45, 7) is 3.58. The Bertz CT molecular complexity index is 1230. The van der Waals surface area contributed by atoms with Gasteiger partial charge in [0.2, 0.25) is 0 Å². The molecule has 0 radical (unpaired) electrons. The minimum atomic E-state index is -3.90. The number of carbonyl (C=O) groups excluding carboxylic acids is 1. The molecule has 0 spiro atoms. The van der Waals surface area contributed by atoms with E-state index in [0.29, 0.717) is 22.9 Å². The fourth-order valence-electron chi connectivity index (χ4n) is 3.01. The molecule has 1 amide bonds. The quantitative estimate of drug-likeness (QED) is 0.485. The van der Waals surface area contributed by atoms with Crippen molar-refractivity contribution in [2.45, 2.75) is 24.8 Å². The van der Waals surface area contributed by atoms with Crippen LogP contribution in [0.5, 0.6) is 17.2 Å². The third kappa shape index (κ3) is 6.17. The summed E-state index contributed by atoms with van der Waals surface area (Å²) < 4.78 is 44.2. The molecule has 1 atom stereocenters. The zero-order valence-electron chi connectivity index (χ0n) is 18.8. The zero-order valence-corrected chi connectivity index (χ0v) is 19.6. The molecule has 9 heteroatoms. The summed E-state index contributed by atoms with van der Waals surface area (Å²) in [6, 6.07) is 18.0. The van der Waals surface area contributed by atoms with Gasteiger partial charge in [0.15, 0.2) is 6.10 Å². The fourth-order valence-corrected chi connectivity index (χ4v) is 4.07. The van der Waals surface area contributed by atoms with Crippen molar-refractivity contribution in [3.63, 3.8) is 0 Å². The predicted molar refractivity (Wildman–Crippen MR) is 127 cm³/mol. The van der Waals surface area contributed by atoms with Gasteiger partial charge in [0, 0.05) is 11.8 Å². The Morgan fingerprint density at radius 1 is 0.909 bits per heavy atom. The first-order chi connectivity index (χ1) is 15.7. The van der Waals surface area contributed by atoms with Gasteiger partial charge in [-0.2, -0.15) is 0 Å². The number of ether oxygens (including phenoxy) is 3. The van der Waals surface area contributed by atoms with Gasteiger partial charge in [-0.1, -0.05) is 12.1 Å². The predicted octanol–water partition coefficient (Wildman–Crippen LogP) is 4.22. The van der Waals surface area contributed by atoms with Gasteiger partial charge in [-0.3, -0.25) is 9.52 Å². The van der Waals surface area contributed by atoms with Crippen molar-refractivity contribution in [3.05, 3.63) is 72.3 Å². The average molecular weight is 471 g/mol. The second kappa shape index (κ2) is 10.3. The lowest BCUT2D eigenvalue weighted by atomic mass is 10.2. The van der Waals surface area contributed by atoms with Crippen molar-refractivity contribution in [2.24, 2.45) is 0 Å². The van der Waals surface area contributed by atoms with Crippen molar-refractivity contribution in [3.8, 4) is 17.2 Å². The van der Waals surface area contributed by atoms with Crippen LogP contribution in [0.3, 0.4) is 0 Å². The van der Waals surface area contributed by atoms with Crippen LogP contribution in [0.2, 0.25) is 0 Å². The van der Waals surface area contributed by atoms with E-state index < -0.39 is 16.1 Å². The second-order valence-electron chi connectivity index (χ2n) is 7.26. The summed E-state index contributed by atoms with van der Waals surface area (Å²) in [5.41, 5.74) is 1.71. The summed E-state index contributed by atoms with van der Waals surface area (Å²) >= 11 is 0. The van der Waals surface area contributed by atoms with E-state index in [1.54, 1.807) is 25.1 Å². The highest BCUT2D eigenvalue weighted by molar-refractivity contribution is 7.92. The SMILES string of the molecule is COc1ccc(OC)c(NS(=O)(=O)c2ccc(NC(=O)[C@H](C)Oc3cccc(C)c3)cc2)c1. The number of hydrogen-bond donors (Lipinski definition) is 2. The minimum Gasteiger partial charge on any atom is -0.497 e. The molecule has 174 valence electrons. The van der Waals surface area contributed by atoms with Gasteiger partial charge >= 0.3 is 0 Å².